The van der Waals surface area contributed by atoms with Gasteiger partial charge in [-0.1, -0.05) is 61.0 Å². The summed E-state index contributed by atoms with van der Waals surface area (Å²) in [4.78, 5) is 13.1. The zero-order valence-corrected chi connectivity index (χ0v) is 17.4. The molecule has 0 aromatic heterocycles. The van der Waals surface area contributed by atoms with Crippen LogP contribution in [0.2, 0.25) is 0 Å². The Bertz CT molecular complexity index is 1140. The van der Waals surface area contributed by atoms with E-state index in [9.17, 15) is 13.2 Å². The zero-order chi connectivity index (χ0) is 21.0. The molecule has 1 amide bonds. The van der Waals surface area contributed by atoms with E-state index in [-0.39, 0.29) is 10.8 Å². The number of piperidine rings is 1. The van der Waals surface area contributed by atoms with Crippen LogP contribution in [0.25, 0.3) is 11.1 Å². The van der Waals surface area contributed by atoms with Crippen LogP contribution in [0.1, 0.15) is 29.6 Å². The summed E-state index contributed by atoms with van der Waals surface area (Å²) in [6, 6.07) is 23.6. The second-order valence-corrected chi connectivity index (χ2v) is 9.30. The first-order valence-corrected chi connectivity index (χ1v) is 11.6. The maximum atomic E-state index is 13.0. The average molecular weight is 421 g/mol. The Balaban J connectivity index is 1.59. The van der Waals surface area contributed by atoms with Gasteiger partial charge < -0.3 is 5.32 Å². The molecule has 0 bridgehead atoms. The monoisotopic (exact) mass is 420 g/mol. The highest BCUT2D eigenvalue weighted by Crippen LogP contribution is 2.28. The Morgan fingerprint density at radius 1 is 0.800 bits per heavy atom. The number of anilines is 1. The van der Waals surface area contributed by atoms with E-state index in [1.54, 1.807) is 18.2 Å². The highest BCUT2D eigenvalue weighted by molar-refractivity contribution is 7.89. The Morgan fingerprint density at radius 2 is 1.50 bits per heavy atom. The summed E-state index contributed by atoms with van der Waals surface area (Å²) < 4.78 is 27.4. The minimum atomic E-state index is -3.59. The molecule has 6 heteroatoms. The number of rotatable bonds is 5. The van der Waals surface area contributed by atoms with E-state index in [2.05, 4.69) is 5.32 Å². The zero-order valence-electron chi connectivity index (χ0n) is 16.6. The van der Waals surface area contributed by atoms with Crippen molar-refractivity contribution in [2.75, 3.05) is 18.4 Å². The van der Waals surface area contributed by atoms with E-state index in [0.717, 1.165) is 30.4 Å². The summed E-state index contributed by atoms with van der Waals surface area (Å²) >= 11 is 0. The van der Waals surface area contributed by atoms with Crippen LogP contribution in [-0.4, -0.2) is 31.7 Å². The molecule has 0 unspecified atom stereocenters. The van der Waals surface area contributed by atoms with E-state index in [1.807, 2.05) is 54.6 Å². The van der Waals surface area contributed by atoms with Gasteiger partial charge in [0.05, 0.1) is 4.90 Å². The molecule has 3 aromatic rings. The van der Waals surface area contributed by atoms with Crippen LogP contribution in [0, 0.1) is 0 Å². The van der Waals surface area contributed by atoms with Crippen LogP contribution in [0.3, 0.4) is 0 Å². The number of carbonyl (C=O) groups excluding carboxylic acids is 1. The van der Waals surface area contributed by atoms with Crippen molar-refractivity contribution in [1.82, 2.24) is 4.31 Å². The first-order valence-electron chi connectivity index (χ1n) is 10.1. The van der Waals surface area contributed by atoms with Crippen LogP contribution in [-0.2, 0) is 10.0 Å². The summed E-state index contributed by atoms with van der Waals surface area (Å²) in [5.41, 5.74) is 2.90. The number of benzene rings is 3. The van der Waals surface area contributed by atoms with Crippen molar-refractivity contribution in [3.05, 3.63) is 84.4 Å². The maximum Gasteiger partial charge on any atom is 0.255 e. The van der Waals surface area contributed by atoms with Gasteiger partial charge in [-0.3, -0.25) is 4.79 Å². The Morgan fingerprint density at radius 3 is 2.27 bits per heavy atom. The molecular weight excluding hydrogens is 396 g/mol. The SMILES string of the molecule is O=C(Nc1ccccc1-c1ccccc1)c1cccc(S(=O)(=O)N2CCCCC2)c1. The molecule has 1 saturated heterocycles. The fourth-order valence-corrected chi connectivity index (χ4v) is 5.27. The molecule has 3 aromatic carbocycles. The molecule has 0 saturated carbocycles. The molecule has 1 aliphatic rings. The summed E-state index contributed by atoms with van der Waals surface area (Å²) in [6.45, 7) is 1.06. The van der Waals surface area contributed by atoms with Crippen molar-refractivity contribution in [3.63, 3.8) is 0 Å². The van der Waals surface area contributed by atoms with Gasteiger partial charge >= 0.3 is 0 Å². The normalized spacial score (nSPS) is 14.9. The lowest BCUT2D eigenvalue weighted by molar-refractivity contribution is 0.102. The van der Waals surface area contributed by atoms with Gasteiger partial charge in [-0.2, -0.15) is 4.31 Å². The van der Waals surface area contributed by atoms with Gasteiger partial charge in [-0.15, -0.1) is 0 Å². The van der Waals surface area contributed by atoms with Crippen LogP contribution in [0.15, 0.2) is 83.8 Å². The number of sulfonamides is 1. The van der Waals surface area contributed by atoms with Gasteiger partial charge in [0.15, 0.2) is 0 Å². The molecule has 5 nitrogen and oxygen atoms in total. The number of hydrogen-bond donors (Lipinski definition) is 1. The highest BCUT2D eigenvalue weighted by atomic mass is 32.2. The molecule has 154 valence electrons. The predicted octanol–water partition coefficient (Wildman–Crippen LogP) is 4.78. The van der Waals surface area contributed by atoms with E-state index in [0.29, 0.717) is 24.3 Å². The molecule has 1 N–H and O–H groups in total. The molecule has 0 spiro atoms. The molecule has 0 aliphatic carbocycles. The fourth-order valence-electron chi connectivity index (χ4n) is 3.71. The minimum Gasteiger partial charge on any atom is -0.321 e. The molecule has 4 rings (SSSR count). The van der Waals surface area contributed by atoms with Gasteiger partial charge in [0.25, 0.3) is 5.91 Å². The molecule has 0 atom stereocenters. The predicted molar refractivity (Wildman–Crippen MR) is 119 cm³/mol. The quantitative estimate of drug-likeness (QED) is 0.646. The molecule has 1 aliphatic heterocycles. The van der Waals surface area contributed by atoms with Gasteiger partial charge in [-0.05, 0) is 42.7 Å². The molecule has 1 fully saturated rings. The first-order chi connectivity index (χ1) is 14.6. The van der Waals surface area contributed by atoms with Crippen molar-refractivity contribution in [2.24, 2.45) is 0 Å². The number of nitrogens with one attached hydrogen (secondary N) is 1. The minimum absolute atomic E-state index is 0.161. The second-order valence-electron chi connectivity index (χ2n) is 7.36. The van der Waals surface area contributed by atoms with Crippen LogP contribution < -0.4 is 5.32 Å². The van der Waals surface area contributed by atoms with E-state index < -0.39 is 10.0 Å². The number of hydrogen-bond acceptors (Lipinski definition) is 3. The van der Waals surface area contributed by atoms with Gasteiger partial charge in [0.1, 0.15) is 0 Å². The smallest absolute Gasteiger partial charge is 0.255 e. The lowest BCUT2D eigenvalue weighted by Crippen LogP contribution is -2.35. The Kier molecular flexibility index (Phi) is 5.97. The third-order valence-electron chi connectivity index (χ3n) is 5.31. The van der Waals surface area contributed by atoms with Crippen LogP contribution in [0.4, 0.5) is 5.69 Å². The van der Waals surface area contributed by atoms with Crippen molar-refractivity contribution in [2.45, 2.75) is 24.2 Å². The largest absolute Gasteiger partial charge is 0.321 e. The molecular formula is C24H24N2O3S. The van der Waals surface area contributed by atoms with Crippen molar-refractivity contribution in [3.8, 4) is 11.1 Å². The molecule has 30 heavy (non-hydrogen) atoms. The number of para-hydroxylation sites is 1. The first kappa shape index (κ1) is 20.3. The Hall–Kier alpha value is -2.96. The summed E-state index contributed by atoms with van der Waals surface area (Å²) in [5, 5.41) is 2.94. The second kappa shape index (κ2) is 8.81. The maximum absolute atomic E-state index is 13.0. The molecule has 1 heterocycles. The fraction of sp³-hybridized carbons (Fsp3) is 0.208. The summed E-state index contributed by atoms with van der Waals surface area (Å²) in [6.07, 6.45) is 2.79. The van der Waals surface area contributed by atoms with Crippen molar-refractivity contribution >= 4 is 21.6 Å². The number of nitrogens with zero attached hydrogens (tertiary/aromatic N) is 1. The van der Waals surface area contributed by atoms with Crippen molar-refractivity contribution in [1.29, 1.82) is 0 Å². The topological polar surface area (TPSA) is 66.5 Å². The van der Waals surface area contributed by atoms with Crippen molar-refractivity contribution < 1.29 is 13.2 Å². The standard InChI is InChI=1S/C24H24N2O3S/c27-24(25-23-15-6-5-14-22(23)19-10-3-1-4-11-19)20-12-9-13-21(18-20)30(28,29)26-16-7-2-8-17-26/h1,3-6,9-15,18H,2,7-8,16-17H2,(H,25,27). The summed E-state index contributed by atoms with van der Waals surface area (Å²) in [5.74, 6) is -0.339. The lowest BCUT2D eigenvalue weighted by atomic mass is 10.0. The van der Waals surface area contributed by atoms with Gasteiger partial charge in [0, 0.05) is 29.9 Å². The van der Waals surface area contributed by atoms with E-state index >= 15 is 0 Å². The third kappa shape index (κ3) is 4.30. The molecule has 0 radical (unpaired) electrons. The number of carbonyl (C=O) groups is 1. The van der Waals surface area contributed by atoms with Gasteiger partial charge in [-0.25, -0.2) is 8.42 Å². The summed E-state index contributed by atoms with van der Waals surface area (Å²) in [7, 11) is -3.59. The van der Waals surface area contributed by atoms with Crippen LogP contribution in [0.5, 0.6) is 0 Å². The van der Waals surface area contributed by atoms with E-state index in [1.165, 1.54) is 10.4 Å². The number of amides is 1. The van der Waals surface area contributed by atoms with Gasteiger partial charge in [0.2, 0.25) is 10.0 Å². The highest BCUT2D eigenvalue weighted by Gasteiger charge is 2.26. The lowest BCUT2D eigenvalue weighted by Gasteiger charge is -2.26. The Labute approximate surface area is 177 Å². The van der Waals surface area contributed by atoms with Crippen LogP contribution >= 0.6 is 0 Å². The van der Waals surface area contributed by atoms with E-state index in [4.69, 9.17) is 0 Å². The average Bonchev–Trinajstić information content (AvgIpc) is 2.80. The third-order valence-corrected chi connectivity index (χ3v) is 7.20.